The van der Waals surface area contributed by atoms with Crippen LogP contribution in [0.5, 0.6) is 0 Å². The summed E-state index contributed by atoms with van der Waals surface area (Å²) in [4.78, 5) is 17.9. The van der Waals surface area contributed by atoms with Crippen molar-refractivity contribution in [3.63, 3.8) is 0 Å². The zero-order chi connectivity index (χ0) is 18.5. The van der Waals surface area contributed by atoms with E-state index in [9.17, 15) is 9.18 Å². The minimum Gasteiger partial charge on any atom is -0.336 e. The molecule has 5 heterocycles. The maximum Gasteiger partial charge on any atom is 0.244 e. The molecule has 1 aromatic carbocycles. The summed E-state index contributed by atoms with van der Waals surface area (Å²) < 4.78 is 15.2. The number of aryl methyl sites for hydroxylation is 1. The molecule has 1 amide bonds. The number of benzene rings is 1. The Hall–Kier alpha value is -2.21. The molecule has 27 heavy (non-hydrogen) atoms. The second-order valence-electron chi connectivity index (χ2n) is 8.19. The van der Waals surface area contributed by atoms with Gasteiger partial charge in [0.25, 0.3) is 0 Å². The molecule has 5 nitrogen and oxygen atoms in total. The highest BCUT2D eigenvalue weighted by Gasteiger charge is 2.54. The zero-order valence-corrected chi connectivity index (χ0v) is 15.6. The van der Waals surface area contributed by atoms with E-state index >= 15 is 0 Å². The number of nitrogens with zero attached hydrogens (tertiary/aromatic N) is 4. The number of carbonyl (C=O) groups is 1. The first-order valence-corrected chi connectivity index (χ1v) is 9.89. The predicted octanol–water partition coefficient (Wildman–Crippen LogP) is 2.42. The number of rotatable bonds is 3. The van der Waals surface area contributed by atoms with Gasteiger partial charge in [-0.1, -0.05) is 12.1 Å². The molecule has 4 saturated heterocycles. The van der Waals surface area contributed by atoms with Crippen LogP contribution in [0.3, 0.4) is 0 Å². The summed E-state index contributed by atoms with van der Waals surface area (Å²) in [7, 11) is 0. The van der Waals surface area contributed by atoms with Crippen LogP contribution >= 0.6 is 0 Å². The molecular weight excluding hydrogens is 343 g/mol. The van der Waals surface area contributed by atoms with Gasteiger partial charge in [0.15, 0.2) is 0 Å². The first-order valence-electron chi connectivity index (χ1n) is 9.89. The Morgan fingerprint density at radius 2 is 1.89 bits per heavy atom. The van der Waals surface area contributed by atoms with Crippen LogP contribution in [0.1, 0.15) is 30.0 Å². The van der Waals surface area contributed by atoms with Gasteiger partial charge in [-0.3, -0.25) is 14.4 Å². The molecular formula is C21H25FN4O. The van der Waals surface area contributed by atoms with E-state index in [0.29, 0.717) is 25.0 Å². The molecule has 3 atom stereocenters. The van der Waals surface area contributed by atoms with Crippen molar-refractivity contribution in [3.05, 3.63) is 53.6 Å². The highest BCUT2D eigenvalue weighted by atomic mass is 19.1. The Balaban J connectivity index is 1.46. The van der Waals surface area contributed by atoms with Gasteiger partial charge in [-0.25, -0.2) is 4.39 Å². The standard InChI is InChI=1S/C21H25FN4O/c1-14-6-9-23-26(14)13-19(27)25-12-18(15-2-4-17(22)5-3-15)21-20(25)16-7-10-24(21)11-8-16/h2-6,9,16,18,20-21H,7-8,10-13H2,1H3/t18-,20+,21+/m0/s1. The van der Waals surface area contributed by atoms with Gasteiger partial charge in [0.1, 0.15) is 12.4 Å². The molecule has 1 aromatic heterocycles. The molecule has 0 spiro atoms. The molecule has 4 fully saturated rings. The highest BCUT2D eigenvalue weighted by molar-refractivity contribution is 5.77. The van der Waals surface area contributed by atoms with Crippen molar-refractivity contribution < 1.29 is 9.18 Å². The highest BCUT2D eigenvalue weighted by Crippen LogP contribution is 2.46. The van der Waals surface area contributed by atoms with Crippen LogP contribution in [-0.4, -0.2) is 57.2 Å². The van der Waals surface area contributed by atoms with Crippen molar-refractivity contribution in [3.8, 4) is 0 Å². The number of amides is 1. The maximum atomic E-state index is 13.4. The van der Waals surface area contributed by atoms with Crippen LogP contribution in [0, 0.1) is 18.7 Å². The quantitative estimate of drug-likeness (QED) is 0.836. The van der Waals surface area contributed by atoms with Crippen molar-refractivity contribution in [2.75, 3.05) is 19.6 Å². The molecule has 0 radical (unpaired) electrons. The number of hydrogen-bond acceptors (Lipinski definition) is 3. The molecule has 0 aliphatic carbocycles. The van der Waals surface area contributed by atoms with E-state index in [1.165, 1.54) is 12.8 Å². The van der Waals surface area contributed by atoms with Gasteiger partial charge in [0.05, 0.1) is 6.04 Å². The third-order valence-corrected chi connectivity index (χ3v) is 6.83. The average molecular weight is 368 g/mol. The lowest BCUT2D eigenvalue weighted by Crippen LogP contribution is -2.61. The van der Waals surface area contributed by atoms with Crippen molar-refractivity contribution >= 4 is 5.91 Å². The second kappa shape index (κ2) is 6.44. The molecule has 6 heteroatoms. The van der Waals surface area contributed by atoms with E-state index in [4.69, 9.17) is 0 Å². The molecule has 0 saturated carbocycles. The Labute approximate surface area is 158 Å². The van der Waals surface area contributed by atoms with Gasteiger partial charge in [0.2, 0.25) is 5.91 Å². The molecule has 142 valence electrons. The summed E-state index contributed by atoms with van der Waals surface area (Å²) in [5, 5.41) is 4.28. The normalized spacial score (nSPS) is 31.9. The van der Waals surface area contributed by atoms with Crippen molar-refractivity contribution in [2.45, 2.75) is 44.3 Å². The van der Waals surface area contributed by atoms with E-state index in [-0.39, 0.29) is 23.7 Å². The predicted molar refractivity (Wildman–Crippen MR) is 99.7 cm³/mol. The Bertz CT molecular complexity index is 840. The van der Waals surface area contributed by atoms with Crippen molar-refractivity contribution in [2.24, 2.45) is 5.92 Å². The van der Waals surface area contributed by atoms with Gasteiger partial charge in [-0.05, 0) is 62.5 Å². The van der Waals surface area contributed by atoms with Crippen molar-refractivity contribution in [1.29, 1.82) is 0 Å². The topological polar surface area (TPSA) is 41.4 Å². The van der Waals surface area contributed by atoms with Gasteiger partial charge in [-0.15, -0.1) is 0 Å². The molecule has 0 N–H and O–H groups in total. The number of aromatic nitrogens is 2. The van der Waals surface area contributed by atoms with Crippen LogP contribution in [-0.2, 0) is 11.3 Å². The first kappa shape index (κ1) is 16.9. The Kier molecular flexibility index (Phi) is 4.04. The Morgan fingerprint density at radius 3 is 2.56 bits per heavy atom. The van der Waals surface area contributed by atoms with Crippen molar-refractivity contribution in [1.82, 2.24) is 19.6 Å². The summed E-state index contributed by atoms with van der Waals surface area (Å²) in [5.41, 5.74) is 2.15. The fourth-order valence-corrected chi connectivity index (χ4v) is 5.49. The van der Waals surface area contributed by atoms with Gasteiger partial charge >= 0.3 is 0 Å². The monoisotopic (exact) mass is 368 g/mol. The van der Waals surface area contributed by atoms with E-state index in [1.807, 2.05) is 25.1 Å². The molecule has 4 aliphatic rings. The number of hydrogen-bond donors (Lipinski definition) is 0. The molecule has 2 bridgehead atoms. The third-order valence-electron chi connectivity index (χ3n) is 6.83. The van der Waals surface area contributed by atoms with Gasteiger partial charge in [-0.2, -0.15) is 5.10 Å². The fourth-order valence-electron chi connectivity index (χ4n) is 5.49. The van der Waals surface area contributed by atoms with Crippen LogP contribution in [0.15, 0.2) is 36.5 Å². The zero-order valence-electron chi connectivity index (χ0n) is 15.6. The summed E-state index contributed by atoms with van der Waals surface area (Å²) in [5.74, 6) is 0.769. The van der Waals surface area contributed by atoms with E-state index in [1.54, 1.807) is 23.0 Å². The lowest BCUT2D eigenvalue weighted by Gasteiger charge is -2.51. The SMILES string of the molecule is Cc1ccnn1CC(=O)N1C[C@@H](c2ccc(F)cc2)[C@@H]2[C@H]1C1CCN2CC1. The van der Waals surface area contributed by atoms with E-state index in [0.717, 1.165) is 24.3 Å². The summed E-state index contributed by atoms with van der Waals surface area (Å²) >= 11 is 0. The number of likely N-dealkylation sites (tertiary alicyclic amines) is 1. The first-order chi connectivity index (χ1) is 13.1. The minimum absolute atomic E-state index is 0.148. The number of piperidine rings is 3. The Morgan fingerprint density at radius 1 is 1.15 bits per heavy atom. The van der Waals surface area contributed by atoms with Crippen LogP contribution in [0.4, 0.5) is 4.39 Å². The smallest absolute Gasteiger partial charge is 0.244 e. The largest absolute Gasteiger partial charge is 0.336 e. The summed E-state index contributed by atoms with van der Waals surface area (Å²) in [6.45, 7) is 5.22. The fraction of sp³-hybridized carbons (Fsp3) is 0.524. The third kappa shape index (κ3) is 2.78. The molecule has 0 unspecified atom stereocenters. The average Bonchev–Trinajstić information content (AvgIpc) is 3.29. The molecule has 2 aromatic rings. The van der Waals surface area contributed by atoms with Crippen LogP contribution in [0.25, 0.3) is 0 Å². The van der Waals surface area contributed by atoms with Crippen LogP contribution < -0.4 is 0 Å². The number of halogens is 1. The lowest BCUT2D eigenvalue weighted by molar-refractivity contribution is -0.136. The van der Waals surface area contributed by atoms with Crippen LogP contribution in [0.2, 0.25) is 0 Å². The minimum atomic E-state index is -0.208. The van der Waals surface area contributed by atoms with E-state index < -0.39 is 0 Å². The summed E-state index contributed by atoms with van der Waals surface area (Å²) in [6.07, 6.45) is 4.08. The van der Waals surface area contributed by atoms with Gasteiger partial charge in [0, 0.05) is 30.4 Å². The molecule has 6 rings (SSSR count). The molecule has 4 aliphatic heterocycles. The number of fused-ring (bicyclic) bond motifs is 2. The lowest BCUT2D eigenvalue weighted by atomic mass is 9.75. The number of carbonyl (C=O) groups excluding carboxylic acids is 1. The van der Waals surface area contributed by atoms with Gasteiger partial charge < -0.3 is 4.90 Å². The second-order valence-corrected chi connectivity index (χ2v) is 8.19. The van der Waals surface area contributed by atoms with E-state index in [2.05, 4.69) is 14.9 Å². The summed E-state index contributed by atoms with van der Waals surface area (Å²) in [6, 6.07) is 9.42. The maximum absolute atomic E-state index is 13.4.